The molecule has 1 aromatic heterocycles. The van der Waals surface area contributed by atoms with Gasteiger partial charge in [0.05, 0.1) is 18.3 Å². The first-order chi connectivity index (χ1) is 14.0. The standard InChI is InChI=1S/C23H19ClFN3O/c1-15-2-4-16(5-3-15)14-28-22-10-17(6-7-19(22)13-27-28)23(29)26-12-18-8-9-20(25)11-21(18)24/h2-11,13H,12,14H2,1H3,(H,26,29). The number of carbonyl (C=O) groups excluding carboxylic acids is 1. The lowest BCUT2D eigenvalue weighted by atomic mass is 10.1. The summed E-state index contributed by atoms with van der Waals surface area (Å²) in [7, 11) is 0. The smallest absolute Gasteiger partial charge is 0.251 e. The fraction of sp³-hybridized carbons (Fsp3) is 0.130. The van der Waals surface area contributed by atoms with E-state index in [0.717, 1.165) is 16.5 Å². The third kappa shape index (κ3) is 4.30. The summed E-state index contributed by atoms with van der Waals surface area (Å²) in [6, 6.07) is 17.9. The second kappa shape index (κ2) is 8.05. The number of rotatable bonds is 5. The zero-order valence-corrected chi connectivity index (χ0v) is 16.6. The Morgan fingerprint density at radius 1 is 1.10 bits per heavy atom. The van der Waals surface area contributed by atoms with E-state index in [1.54, 1.807) is 18.3 Å². The Balaban J connectivity index is 1.53. The van der Waals surface area contributed by atoms with E-state index in [-0.39, 0.29) is 17.5 Å². The van der Waals surface area contributed by atoms with Crippen LogP contribution in [0.1, 0.15) is 27.0 Å². The highest BCUT2D eigenvalue weighted by atomic mass is 35.5. The van der Waals surface area contributed by atoms with E-state index < -0.39 is 5.82 Å². The van der Waals surface area contributed by atoms with Crippen molar-refractivity contribution < 1.29 is 9.18 Å². The molecule has 1 heterocycles. The van der Waals surface area contributed by atoms with Gasteiger partial charge in [0, 0.05) is 22.5 Å². The van der Waals surface area contributed by atoms with Crippen LogP contribution in [0.25, 0.3) is 10.9 Å². The fourth-order valence-electron chi connectivity index (χ4n) is 3.15. The van der Waals surface area contributed by atoms with E-state index >= 15 is 0 Å². The zero-order valence-electron chi connectivity index (χ0n) is 15.8. The predicted octanol–water partition coefficient (Wildman–Crippen LogP) is 5.12. The molecule has 4 nitrogen and oxygen atoms in total. The zero-order chi connectivity index (χ0) is 20.4. The van der Waals surface area contributed by atoms with E-state index in [4.69, 9.17) is 11.6 Å². The van der Waals surface area contributed by atoms with Gasteiger partial charge in [-0.15, -0.1) is 0 Å². The summed E-state index contributed by atoms with van der Waals surface area (Å²) in [5, 5.41) is 8.55. The maximum Gasteiger partial charge on any atom is 0.251 e. The first kappa shape index (κ1) is 19.2. The minimum Gasteiger partial charge on any atom is -0.348 e. The molecule has 4 rings (SSSR count). The Morgan fingerprint density at radius 2 is 1.90 bits per heavy atom. The minimum absolute atomic E-state index is 0.221. The van der Waals surface area contributed by atoms with Crippen molar-refractivity contribution in [1.29, 1.82) is 0 Å². The van der Waals surface area contributed by atoms with E-state index in [0.29, 0.717) is 17.7 Å². The summed E-state index contributed by atoms with van der Waals surface area (Å²) < 4.78 is 15.0. The predicted molar refractivity (Wildman–Crippen MR) is 113 cm³/mol. The molecule has 0 atom stereocenters. The quantitative estimate of drug-likeness (QED) is 0.499. The molecule has 0 fully saturated rings. The SMILES string of the molecule is Cc1ccc(Cn2ncc3ccc(C(=O)NCc4ccc(F)cc4Cl)cc32)cc1. The van der Waals surface area contributed by atoms with E-state index in [2.05, 4.69) is 41.6 Å². The third-order valence-electron chi connectivity index (χ3n) is 4.81. The molecule has 6 heteroatoms. The molecule has 0 unspecified atom stereocenters. The molecular weight excluding hydrogens is 389 g/mol. The van der Waals surface area contributed by atoms with E-state index in [9.17, 15) is 9.18 Å². The summed E-state index contributed by atoms with van der Waals surface area (Å²) in [6.07, 6.45) is 1.80. The van der Waals surface area contributed by atoms with Gasteiger partial charge in [-0.05, 0) is 42.3 Å². The highest BCUT2D eigenvalue weighted by Gasteiger charge is 2.11. The van der Waals surface area contributed by atoms with Gasteiger partial charge in [-0.2, -0.15) is 5.10 Å². The van der Waals surface area contributed by atoms with Gasteiger partial charge in [0.2, 0.25) is 0 Å². The molecule has 0 aliphatic rings. The Hall–Kier alpha value is -3.18. The number of aryl methyl sites for hydroxylation is 1. The molecule has 1 amide bonds. The van der Waals surface area contributed by atoms with Crippen molar-refractivity contribution in [2.24, 2.45) is 0 Å². The van der Waals surface area contributed by atoms with Gasteiger partial charge in [-0.1, -0.05) is 53.6 Å². The van der Waals surface area contributed by atoms with Crippen molar-refractivity contribution in [3.05, 3.63) is 100.0 Å². The first-order valence-electron chi connectivity index (χ1n) is 9.23. The van der Waals surface area contributed by atoms with Crippen molar-refractivity contribution in [2.45, 2.75) is 20.0 Å². The Morgan fingerprint density at radius 3 is 2.66 bits per heavy atom. The third-order valence-corrected chi connectivity index (χ3v) is 5.17. The molecule has 29 heavy (non-hydrogen) atoms. The van der Waals surface area contributed by atoms with Crippen LogP contribution in [0.4, 0.5) is 4.39 Å². The number of carbonyl (C=O) groups is 1. The van der Waals surface area contributed by atoms with E-state index in [1.165, 1.54) is 17.7 Å². The lowest BCUT2D eigenvalue weighted by Crippen LogP contribution is -2.23. The number of nitrogens with one attached hydrogen (secondary N) is 1. The van der Waals surface area contributed by atoms with Gasteiger partial charge in [0.15, 0.2) is 0 Å². The van der Waals surface area contributed by atoms with Crippen molar-refractivity contribution in [3.63, 3.8) is 0 Å². The number of hydrogen-bond acceptors (Lipinski definition) is 2. The van der Waals surface area contributed by atoms with Gasteiger partial charge < -0.3 is 5.32 Å². The topological polar surface area (TPSA) is 46.9 Å². The summed E-state index contributed by atoms with van der Waals surface area (Å²) in [5.41, 5.74) is 4.42. The second-order valence-electron chi connectivity index (χ2n) is 6.98. The van der Waals surface area contributed by atoms with Gasteiger partial charge in [0.25, 0.3) is 5.91 Å². The fourth-order valence-corrected chi connectivity index (χ4v) is 3.38. The molecule has 0 aliphatic heterocycles. The highest BCUT2D eigenvalue weighted by Crippen LogP contribution is 2.19. The lowest BCUT2D eigenvalue weighted by Gasteiger charge is -2.09. The van der Waals surface area contributed by atoms with Crippen molar-refractivity contribution in [3.8, 4) is 0 Å². The van der Waals surface area contributed by atoms with Crippen LogP contribution in [-0.4, -0.2) is 15.7 Å². The van der Waals surface area contributed by atoms with Crippen LogP contribution >= 0.6 is 11.6 Å². The number of benzene rings is 3. The van der Waals surface area contributed by atoms with Crippen molar-refractivity contribution >= 4 is 28.4 Å². The average molecular weight is 408 g/mol. The molecule has 0 radical (unpaired) electrons. The molecular formula is C23H19ClFN3O. The average Bonchev–Trinajstić information content (AvgIpc) is 3.11. The van der Waals surface area contributed by atoms with Crippen molar-refractivity contribution in [2.75, 3.05) is 0 Å². The summed E-state index contributed by atoms with van der Waals surface area (Å²) in [6.45, 7) is 2.90. The summed E-state index contributed by atoms with van der Waals surface area (Å²) in [4.78, 5) is 12.6. The van der Waals surface area contributed by atoms with Crippen LogP contribution in [0.3, 0.4) is 0 Å². The molecule has 4 aromatic rings. The number of hydrogen-bond donors (Lipinski definition) is 1. The second-order valence-corrected chi connectivity index (χ2v) is 7.39. The molecule has 146 valence electrons. The van der Waals surface area contributed by atoms with Gasteiger partial charge >= 0.3 is 0 Å². The van der Waals surface area contributed by atoms with Crippen LogP contribution in [0.2, 0.25) is 5.02 Å². The minimum atomic E-state index is -0.405. The highest BCUT2D eigenvalue weighted by molar-refractivity contribution is 6.31. The number of halogens is 2. The molecule has 3 aromatic carbocycles. The number of nitrogens with zero attached hydrogens (tertiary/aromatic N) is 2. The normalized spacial score (nSPS) is 11.0. The Bertz CT molecular complexity index is 1180. The molecule has 0 saturated carbocycles. The van der Waals surface area contributed by atoms with Crippen molar-refractivity contribution in [1.82, 2.24) is 15.1 Å². The maximum atomic E-state index is 13.2. The van der Waals surface area contributed by atoms with Crippen LogP contribution in [0.15, 0.2) is 66.9 Å². The molecule has 0 aliphatic carbocycles. The molecule has 0 spiro atoms. The largest absolute Gasteiger partial charge is 0.348 e. The van der Waals surface area contributed by atoms with Crippen LogP contribution in [-0.2, 0) is 13.1 Å². The number of fused-ring (bicyclic) bond motifs is 1. The van der Waals surface area contributed by atoms with E-state index in [1.807, 2.05) is 16.8 Å². The van der Waals surface area contributed by atoms with Crippen LogP contribution < -0.4 is 5.32 Å². The summed E-state index contributed by atoms with van der Waals surface area (Å²) >= 11 is 6.03. The lowest BCUT2D eigenvalue weighted by molar-refractivity contribution is 0.0951. The molecule has 0 bridgehead atoms. The van der Waals surface area contributed by atoms with Crippen LogP contribution in [0.5, 0.6) is 0 Å². The monoisotopic (exact) mass is 407 g/mol. The number of aromatic nitrogens is 2. The summed E-state index contributed by atoms with van der Waals surface area (Å²) in [5.74, 6) is -0.632. The van der Waals surface area contributed by atoms with Gasteiger partial charge in [-0.25, -0.2) is 4.39 Å². The molecule has 1 N–H and O–H groups in total. The number of amides is 1. The maximum absolute atomic E-state index is 13.2. The van der Waals surface area contributed by atoms with Crippen LogP contribution in [0, 0.1) is 12.7 Å². The first-order valence-corrected chi connectivity index (χ1v) is 9.60. The Labute approximate surface area is 172 Å². The van der Waals surface area contributed by atoms with Gasteiger partial charge in [0.1, 0.15) is 5.82 Å². The molecule has 0 saturated heterocycles. The Kier molecular flexibility index (Phi) is 5.32. The van der Waals surface area contributed by atoms with Gasteiger partial charge in [-0.3, -0.25) is 9.48 Å².